The van der Waals surface area contributed by atoms with Gasteiger partial charge in [0.1, 0.15) is 11.3 Å². The molecule has 0 aliphatic carbocycles. The molecule has 0 N–H and O–H groups in total. The van der Waals surface area contributed by atoms with Crippen LogP contribution in [0.25, 0.3) is 77.2 Å². The minimum atomic E-state index is -0.522. The van der Waals surface area contributed by atoms with E-state index in [1.165, 1.54) is 6.07 Å². The number of benzene rings is 7. The largest absolute Gasteiger partial charge is 0.455 e. The van der Waals surface area contributed by atoms with Crippen molar-refractivity contribution >= 4 is 32.5 Å². The van der Waals surface area contributed by atoms with Crippen molar-refractivity contribution in [3.05, 3.63) is 158 Å². The summed E-state index contributed by atoms with van der Waals surface area (Å²) in [5, 5.41) is 3.69. The van der Waals surface area contributed by atoms with Crippen LogP contribution in [0.15, 0.2) is 162 Å². The second-order valence-corrected chi connectivity index (χ2v) is 9.89. The quantitative estimate of drug-likeness (QED) is 0.206. The van der Waals surface area contributed by atoms with Gasteiger partial charge in [-0.25, -0.2) is 0 Å². The maximum Gasteiger partial charge on any atom is 0.142 e. The van der Waals surface area contributed by atoms with Gasteiger partial charge in [-0.1, -0.05) is 145 Å². The average molecular weight is 531 g/mol. The zero-order valence-corrected chi connectivity index (χ0v) is 21.8. The highest BCUT2D eigenvalue weighted by atomic mass is 16.3. The smallest absolute Gasteiger partial charge is 0.142 e. The van der Waals surface area contributed by atoms with Crippen LogP contribution < -0.4 is 0 Å². The van der Waals surface area contributed by atoms with Crippen molar-refractivity contribution in [2.24, 2.45) is 0 Å². The van der Waals surface area contributed by atoms with Crippen LogP contribution in [-0.2, 0) is 0 Å². The van der Waals surface area contributed by atoms with Crippen LogP contribution in [0.3, 0.4) is 0 Å². The van der Waals surface area contributed by atoms with E-state index in [0.29, 0.717) is 11.1 Å². The summed E-state index contributed by atoms with van der Waals surface area (Å²) in [5.41, 5.74) is 5.15. The number of hydrogen-bond acceptors (Lipinski definition) is 1. The average Bonchev–Trinajstić information content (AvgIpc) is 3.57. The van der Waals surface area contributed by atoms with E-state index in [2.05, 4.69) is 30.3 Å². The molecule has 0 unspecified atom stereocenters. The maximum absolute atomic E-state index is 9.22. The topological polar surface area (TPSA) is 13.1 Å². The fraction of sp³-hybridized carbons (Fsp3) is 0. The van der Waals surface area contributed by atoms with E-state index in [-0.39, 0.29) is 40.4 Å². The third-order valence-electron chi connectivity index (χ3n) is 7.53. The van der Waals surface area contributed by atoms with Gasteiger partial charge in [0.2, 0.25) is 0 Å². The molecule has 1 aromatic heterocycles. The van der Waals surface area contributed by atoms with Gasteiger partial charge in [0.05, 0.1) is 11.0 Å². The Morgan fingerprint density at radius 1 is 0.439 bits per heavy atom. The first-order valence-corrected chi connectivity index (χ1v) is 13.4. The summed E-state index contributed by atoms with van der Waals surface area (Å²) in [6.45, 7) is 0. The van der Waals surface area contributed by atoms with Crippen LogP contribution in [0, 0.1) is 0 Å². The molecule has 0 amide bonds. The molecule has 0 saturated heterocycles. The summed E-state index contributed by atoms with van der Waals surface area (Å²) in [7, 11) is 0. The maximum atomic E-state index is 9.22. The number of para-hydroxylation sites is 1. The van der Waals surface area contributed by atoms with Crippen LogP contribution in [0.5, 0.6) is 0 Å². The third-order valence-corrected chi connectivity index (χ3v) is 7.53. The van der Waals surface area contributed by atoms with E-state index in [0.717, 1.165) is 43.8 Å². The Morgan fingerprint density at radius 2 is 1.05 bits per heavy atom. The molecule has 1 heterocycles. The van der Waals surface area contributed by atoms with Crippen LogP contribution in [-0.4, -0.2) is 0 Å². The minimum absolute atomic E-state index is 0.0327. The summed E-state index contributed by atoms with van der Waals surface area (Å²) in [4.78, 5) is 0. The van der Waals surface area contributed by atoms with Gasteiger partial charge in [-0.2, -0.15) is 0 Å². The zero-order valence-electron chi connectivity index (χ0n) is 29.8. The Labute approximate surface area is 250 Å². The molecule has 0 radical (unpaired) electrons. The van der Waals surface area contributed by atoms with Gasteiger partial charge < -0.3 is 4.42 Å². The molecule has 0 fully saturated rings. The molecule has 192 valence electrons. The van der Waals surface area contributed by atoms with Crippen LogP contribution in [0.1, 0.15) is 11.0 Å². The first kappa shape index (κ1) is 16.6. The standard InChI is InChI=1S/C40H26O/c1-3-13-27(14-4-1)29-17-11-18-30(25-29)38-32-20-7-9-22-34(32)39(35-23-10-8-21-33(35)38)36-24-12-19-31-26-37(41-40(31)36)28-15-5-2-6-16-28/h1-26H/i2D,5D,6D,12D,15D,16D,19D,24D. The monoisotopic (exact) mass is 530 g/mol. The third kappa shape index (κ3) is 3.94. The highest BCUT2D eigenvalue weighted by Gasteiger charge is 2.20. The molecule has 0 saturated carbocycles. The summed E-state index contributed by atoms with van der Waals surface area (Å²) in [6, 6.07) is 32.7. The van der Waals surface area contributed by atoms with Crippen molar-refractivity contribution in [2.75, 3.05) is 0 Å². The molecule has 0 aliphatic rings. The Hall–Kier alpha value is -5.40. The van der Waals surface area contributed by atoms with E-state index in [4.69, 9.17) is 14.0 Å². The first-order valence-electron chi connectivity index (χ1n) is 17.4. The van der Waals surface area contributed by atoms with E-state index >= 15 is 0 Å². The molecule has 0 bridgehead atoms. The summed E-state index contributed by atoms with van der Waals surface area (Å²) in [5.74, 6) is -0.0327. The highest BCUT2D eigenvalue weighted by molar-refractivity contribution is 6.23. The van der Waals surface area contributed by atoms with Gasteiger partial charge in [-0.15, -0.1) is 0 Å². The lowest BCUT2D eigenvalue weighted by Gasteiger charge is -2.18. The molecule has 0 aliphatic heterocycles. The fourth-order valence-corrected chi connectivity index (χ4v) is 5.75. The lowest BCUT2D eigenvalue weighted by Crippen LogP contribution is -1.91. The highest BCUT2D eigenvalue weighted by Crippen LogP contribution is 2.46. The lowest BCUT2D eigenvalue weighted by molar-refractivity contribution is 0.632. The minimum Gasteiger partial charge on any atom is -0.455 e. The normalized spacial score (nSPS) is 14.1. The van der Waals surface area contributed by atoms with Crippen molar-refractivity contribution < 1.29 is 15.4 Å². The molecular weight excluding hydrogens is 496 g/mol. The van der Waals surface area contributed by atoms with E-state index in [1.54, 1.807) is 0 Å². The van der Waals surface area contributed by atoms with Crippen molar-refractivity contribution in [3.8, 4) is 44.7 Å². The van der Waals surface area contributed by atoms with E-state index in [9.17, 15) is 1.37 Å². The molecule has 0 spiro atoms. The fourth-order valence-electron chi connectivity index (χ4n) is 5.75. The van der Waals surface area contributed by atoms with Crippen LogP contribution in [0.4, 0.5) is 0 Å². The molecule has 41 heavy (non-hydrogen) atoms. The summed E-state index contributed by atoms with van der Waals surface area (Å²) >= 11 is 0. The van der Waals surface area contributed by atoms with Gasteiger partial charge in [-0.05, 0) is 55.9 Å². The molecule has 8 rings (SSSR count). The Kier molecular flexibility index (Phi) is 3.92. The second-order valence-electron chi connectivity index (χ2n) is 9.89. The first-order chi connectivity index (χ1) is 23.7. The summed E-state index contributed by atoms with van der Waals surface area (Å²) < 4.78 is 74.7. The molecule has 8 aromatic rings. The Balaban J connectivity index is 1.47. The van der Waals surface area contributed by atoms with Crippen molar-refractivity contribution in [1.29, 1.82) is 0 Å². The predicted octanol–water partition coefficient (Wildman–Crippen LogP) is 11.4. The number of rotatable bonds is 4. The number of furan rings is 1. The van der Waals surface area contributed by atoms with Gasteiger partial charge in [-0.3, -0.25) is 0 Å². The van der Waals surface area contributed by atoms with Crippen molar-refractivity contribution in [2.45, 2.75) is 0 Å². The molecule has 0 atom stereocenters. The van der Waals surface area contributed by atoms with Gasteiger partial charge in [0.15, 0.2) is 0 Å². The molecule has 7 aromatic carbocycles. The van der Waals surface area contributed by atoms with Gasteiger partial charge >= 0.3 is 0 Å². The zero-order chi connectivity index (χ0) is 34.1. The van der Waals surface area contributed by atoms with Gasteiger partial charge in [0, 0.05) is 22.1 Å². The molecular formula is C40H26O. The van der Waals surface area contributed by atoms with Gasteiger partial charge in [0.25, 0.3) is 0 Å². The second kappa shape index (κ2) is 9.66. The number of fused-ring (bicyclic) bond motifs is 3. The predicted molar refractivity (Wildman–Crippen MR) is 173 cm³/mol. The Bertz CT molecular complexity index is 2560. The van der Waals surface area contributed by atoms with E-state index in [1.807, 2.05) is 72.8 Å². The SMILES string of the molecule is [2H]c1c([2H])c([2H])c(-c2cc3c([2H])c([2H])c([2H])c(-c4c5ccccc5c(-c5cccc(-c6ccccc6)c5)c5ccccc45)c3o2)c([2H])c1[2H]. The number of hydrogen-bond donors (Lipinski definition) is 0. The lowest BCUT2D eigenvalue weighted by atomic mass is 9.85. The molecule has 1 nitrogen and oxygen atoms in total. The van der Waals surface area contributed by atoms with Crippen molar-refractivity contribution in [1.82, 2.24) is 0 Å². The van der Waals surface area contributed by atoms with Crippen LogP contribution >= 0.6 is 0 Å². The summed E-state index contributed by atoms with van der Waals surface area (Å²) in [6.07, 6.45) is 0. The molecule has 1 heteroatoms. The Morgan fingerprint density at radius 3 is 1.76 bits per heavy atom. The van der Waals surface area contributed by atoms with Crippen LogP contribution in [0.2, 0.25) is 0 Å². The van der Waals surface area contributed by atoms with Crippen molar-refractivity contribution in [3.63, 3.8) is 0 Å². The van der Waals surface area contributed by atoms with E-state index < -0.39 is 30.2 Å².